The standard InChI is InChI=1S/C7H13ClO4S/c1-7(2)11-5-6(12-7)3-4-13(8,9)10/h6H,3-5H2,1-2H3. The van der Waals surface area contributed by atoms with Gasteiger partial charge in [-0.3, -0.25) is 0 Å². The fourth-order valence-corrected chi connectivity index (χ4v) is 1.99. The molecule has 1 aliphatic heterocycles. The molecule has 0 aromatic carbocycles. The highest BCUT2D eigenvalue weighted by atomic mass is 35.7. The van der Waals surface area contributed by atoms with Gasteiger partial charge in [0.25, 0.3) is 0 Å². The quantitative estimate of drug-likeness (QED) is 0.679. The summed E-state index contributed by atoms with van der Waals surface area (Å²) in [7, 11) is 1.65. The SMILES string of the molecule is CC1(C)OCC(CCS(=O)(=O)Cl)O1. The molecule has 13 heavy (non-hydrogen) atoms. The van der Waals surface area contributed by atoms with Gasteiger partial charge in [0.2, 0.25) is 9.05 Å². The van der Waals surface area contributed by atoms with Crippen LogP contribution in [0.25, 0.3) is 0 Å². The molecule has 1 heterocycles. The van der Waals surface area contributed by atoms with Crippen LogP contribution in [0.3, 0.4) is 0 Å². The van der Waals surface area contributed by atoms with Gasteiger partial charge in [-0.2, -0.15) is 0 Å². The maximum absolute atomic E-state index is 10.6. The van der Waals surface area contributed by atoms with E-state index < -0.39 is 14.8 Å². The van der Waals surface area contributed by atoms with Crippen LogP contribution >= 0.6 is 10.7 Å². The molecule has 0 aromatic rings. The van der Waals surface area contributed by atoms with Gasteiger partial charge >= 0.3 is 0 Å². The lowest BCUT2D eigenvalue weighted by atomic mass is 10.3. The monoisotopic (exact) mass is 228 g/mol. The van der Waals surface area contributed by atoms with Crippen LogP contribution in [-0.2, 0) is 18.5 Å². The maximum atomic E-state index is 10.6. The van der Waals surface area contributed by atoms with Gasteiger partial charge in [-0.25, -0.2) is 8.42 Å². The number of hydrogen-bond donors (Lipinski definition) is 0. The molecular weight excluding hydrogens is 216 g/mol. The maximum Gasteiger partial charge on any atom is 0.232 e. The van der Waals surface area contributed by atoms with Crippen molar-refractivity contribution in [2.45, 2.75) is 32.2 Å². The first kappa shape index (κ1) is 11.2. The van der Waals surface area contributed by atoms with Crippen LogP contribution in [0.2, 0.25) is 0 Å². The van der Waals surface area contributed by atoms with Crippen LogP contribution in [0.1, 0.15) is 20.3 Å². The van der Waals surface area contributed by atoms with Crippen molar-refractivity contribution in [2.75, 3.05) is 12.4 Å². The molecule has 0 aromatic heterocycles. The Labute approximate surface area is 82.6 Å². The normalized spacial score (nSPS) is 27.8. The van der Waals surface area contributed by atoms with E-state index in [2.05, 4.69) is 0 Å². The van der Waals surface area contributed by atoms with E-state index in [4.69, 9.17) is 20.2 Å². The van der Waals surface area contributed by atoms with E-state index in [1.807, 2.05) is 0 Å². The first-order valence-electron chi connectivity index (χ1n) is 4.03. The molecule has 1 saturated heterocycles. The largest absolute Gasteiger partial charge is 0.348 e. The van der Waals surface area contributed by atoms with Gasteiger partial charge < -0.3 is 9.47 Å². The fourth-order valence-electron chi connectivity index (χ4n) is 1.18. The van der Waals surface area contributed by atoms with Crippen LogP contribution in [0.15, 0.2) is 0 Å². The zero-order valence-electron chi connectivity index (χ0n) is 7.62. The Morgan fingerprint density at radius 3 is 2.54 bits per heavy atom. The van der Waals surface area contributed by atoms with Crippen LogP contribution in [0.5, 0.6) is 0 Å². The molecule has 0 spiro atoms. The average Bonchev–Trinajstić information content (AvgIpc) is 2.24. The minimum atomic E-state index is -3.41. The van der Waals surface area contributed by atoms with Crippen LogP contribution in [0.4, 0.5) is 0 Å². The molecule has 78 valence electrons. The summed E-state index contributed by atoms with van der Waals surface area (Å²) in [5.74, 6) is -0.667. The topological polar surface area (TPSA) is 52.6 Å². The van der Waals surface area contributed by atoms with Crippen LogP contribution in [0, 0.1) is 0 Å². The summed E-state index contributed by atoms with van der Waals surface area (Å²) in [6.45, 7) is 4.02. The van der Waals surface area contributed by atoms with Crippen molar-refractivity contribution in [3.8, 4) is 0 Å². The Morgan fingerprint density at radius 1 is 1.54 bits per heavy atom. The molecule has 1 aliphatic rings. The van der Waals surface area contributed by atoms with Crippen molar-refractivity contribution in [3.05, 3.63) is 0 Å². The van der Waals surface area contributed by atoms with E-state index >= 15 is 0 Å². The number of hydrogen-bond acceptors (Lipinski definition) is 4. The predicted molar refractivity (Wildman–Crippen MR) is 49.2 cm³/mol. The van der Waals surface area contributed by atoms with Crippen LogP contribution < -0.4 is 0 Å². The van der Waals surface area contributed by atoms with Crippen molar-refractivity contribution in [1.82, 2.24) is 0 Å². The third kappa shape index (κ3) is 4.26. The molecule has 1 rings (SSSR count). The van der Waals surface area contributed by atoms with E-state index in [-0.39, 0.29) is 11.9 Å². The van der Waals surface area contributed by atoms with Gasteiger partial charge in [-0.15, -0.1) is 0 Å². The number of halogens is 1. The summed E-state index contributed by atoms with van der Waals surface area (Å²) in [6, 6.07) is 0. The lowest BCUT2D eigenvalue weighted by molar-refractivity contribution is -0.138. The minimum Gasteiger partial charge on any atom is -0.348 e. The summed E-state index contributed by atoms with van der Waals surface area (Å²) < 4.78 is 31.9. The Kier molecular flexibility index (Phi) is 3.22. The Bertz CT molecular complexity index is 272. The summed E-state index contributed by atoms with van der Waals surface area (Å²) in [5, 5.41) is 0. The first-order valence-corrected chi connectivity index (χ1v) is 6.50. The van der Waals surface area contributed by atoms with E-state index in [1.54, 1.807) is 13.8 Å². The first-order chi connectivity index (χ1) is 5.79. The molecule has 0 bridgehead atoms. The van der Waals surface area contributed by atoms with Crippen LogP contribution in [-0.4, -0.2) is 32.7 Å². The Balaban J connectivity index is 2.34. The summed E-state index contributed by atoms with van der Waals surface area (Å²) in [4.78, 5) is 0. The van der Waals surface area contributed by atoms with E-state index in [0.29, 0.717) is 13.0 Å². The highest BCUT2D eigenvalue weighted by Gasteiger charge is 2.32. The Hall–Kier alpha value is 0.160. The van der Waals surface area contributed by atoms with Gasteiger partial charge in [0.1, 0.15) is 0 Å². The van der Waals surface area contributed by atoms with Crippen molar-refractivity contribution >= 4 is 19.7 Å². The highest BCUT2D eigenvalue weighted by molar-refractivity contribution is 8.13. The van der Waals surface area contributed by atoms with Crippen molar-refractivity contribution in [1.29, 1.82) is 0 Å². The van der Waals surface area contributed by atoms with Gasteiger partial charge in [-0.1, -0.05) is 0 Å². The second-order valence-electron chi connectivity index (χ2n) is 3.48. The van der Waals surface area contributed by atoms with E-state index in [1.165, 1.54) is 0 Å². The molecule has 1 fully saturated rings. The number of rotatable bonds is 3. The van der Waals surface area contributed by atoms with Gasteiger partial charge in [0.05, 0.1) is 18.5 Å². The van der Waals surface area contributed by atoms with Gasteiger partial charge in [0, 0.05) is 10.7 Å². The van der Waals surface area contributed by atoms with Crippen molar-refractivity contribution in [3.63, 3.8) is 0 Å². The fraction of sp³-hybridized carbons (Fsp3) is 1.00. The molecule has 1 atom stereocenters. The summed E-state index contributed by atoms with van der Waals surface area (Å²) in [6.07, 6.45) is 0.221. The molecule has 0 aliphatic carbocycles. The third-order valence-electron chi connectivity index (χ3n) is 1.75. The molecular formula is C7H13ClO4S. The average molecular weight is 229 g/mol. The molecule has 0 saturated carbocycles. The molecule has 4 nitrogen and oxygen atoms in total. The zero-order valence-corrected chi connectivity index (χ0v) is 9.19. The molecule has 1 unspecified atom stereocenters. The lowest BCUT2D eigenvalue weighted by Gasteiger charge is -2.16. The Morgan fingerprint density at radius 2 is 2.15 bits per heavy atom. The summed E-state index contributed by atoms with van der Waals surface area (Å²) in [5.41, 5.74) is 0. The summed E-state index contributed by atoms with van der Waals surface area (Å²) >= 11 is 0. The minimum absolute atomic E-state index is 0.0708. The van der Waals surface area contributed by atoms with E-state index in [9.17, 15) is 8.42 Å². The van der Waals surface area contributed by atoms with Crippen molar-refractivity contribution in [2.24, 2.45) is 0 Å². The smallest absolute Gasteiger partial charge is 0.232 e. The van der Waals surface area contributed by atoms with Gasteiger partial charge in [0.15, 0.2) is 5.79 Å². The number of ether oxygens (including phenoxy) is 2. The van der Waals surface area contributed by atoms with E-state index in [0.717, 1.165) is 0 Å². The lowest BCUT2D eigenvalue weighted by Crippen LogP contribution is -2.22. The third-order valence-corrected chi connectivity index (χ3v) is 2.94. The molecule has 0 radical (unpaired) electrons. The molecule has 0 N–H and O–H groups in total. The second-order valence-corrected chi connectivity index (χ2v) is 6.38. The zero-order chi connectivity index (χ0) is 10.1. The molecule has 0 amide bonds. The highest BCUT2D eigenvalue weighted by Crippen LogP contribution is 2.24. The van der Waals surface area contributed by atoms with Gasteiger partial charge in [-0.05, 0) is 20.3 Å². The molecule has 6 heteroatoms. The predicted octanol–water partition coefficient (Wildman–Crippen LogP) is 1.10. The van der Waals surface area contributed by atoms with Crippen molar-refractivity contribution < 1.29 is 17.9 Å². The second kappa shape index (κ2) is 3.73.